The number of aromatic hydroxyl groups is 1. The molecule has 0 radical (unpaired) electrons. The Morgan fingerprint density at radius 3 is 2.96 bits per heavy atom. The maximum absolute atomic E-state index is 13.0. The third kappa shape index (κ3) is 3.10. The van der Waals surface area contributed by atoms with Gasteiger partial charge in [-0.3, -0.25) is 9.78 Å². The number of hydrogen-bond donors (Lipinski definition) is 1. The molecule has 3 atom stereocenters. The number of likely N-dealkylation sites (N-methyl/N-ethyl adjacent to an activating group) is 2. The fraction of sp³-hybridized carbons (Fsp3) is 0.391. The van der Waals surface area contributed by atoms with Crippen LogP contribution in [0.15, 0.2) is 48.8 Å². The first-order valence-corrected chi connectivity index (χ1v) is 9.77. The number of fused-ring (bicyclic) bond motifs is 4. The molecule has 0 spiro atoms. The van der Waals surface area contributed by atoms with Crippen LogP contribution < -0.4 is 0 Å². The zero-order valence-corrected chi connectivity index (χ0v) is 16.7. The molecule has 1 amide bonds. The van der Waals surface area contributed by atoms with E-state index in [2.05, 4.69) is 23.9 Å². The zero-order valence-electron chi connectivity index (χ0n) is 16.7. The van der Waals surface area contributed by atoms with Crippen molar-refractivity contribution < 1.29 is 9.90 Å². The lowest BCUT2D eigenvalue weighted by atomic mass is 9.61. The van der Waals surface area contributed by atoms with E-state index in [-0.39, 0.29) is 23.4 Å². The highest BCUT2D eigenvalue weighted by atomic mass is 16.3. The van der Waals surface area contributed by atoms with Crippen LogP contribution in [0, 0.1) is 0 Å². The van der Waals surface area contributed by atoms with Crippen molar-refractivity contribution in [1.82, 2.24) is 14.8 Å². The van der Waals surface area contributed by atoms with Crippen LogP contribution in [0.5, 0.6) is 5.75 Å². The van der Waals surface area contributed by atoms with Gasteiger partial charge in [0.25, 0.3) is 0 Å². The number of phenols is 1. The number of pyridine rings is 1. The Balaban J connectivity index is 1.67. The Hall–Kier alpha value is -2.66. The van der Waals surface area contributed by atoms with Crippen LogP contribution >= 0.6 is 0 Å². The van der Waals surface area contributed by atoms with Crippen LogP contribution in [0.25, 0.3) is 6.08 Å². The number of amides is 1. The number of hydrogen-bond acceptors (Lipinski definition) is 4. The molecule has 0 saturated carbocycles. The second-order valence-electron chi connectivity index (χ2n) is 8.27. The lowest BCUT2D eigenvalue weighted by Crippen LogP contribution is -2.67. The summed E-state index contributed by atoms with van der Waals surface area (Å²) in [7, 11) is 4.05. The summed E-state index contributed by atoms with van der Waals surface area (Å²) in [6.07, 6.45) is 8.75. The van der Waals surface area contributed by atoms with Gasteiger partial charge < -0.3 is 14.9 Å². The lowest BCUT2D eigenvalue weighted by molar-refractivity contribution is -0.132. The molecule has 5 nitrogen and oxygen atoms in total. The summed E-state index contributed by atoms with van der Waals surface area (Å²) in [6.45, 7) is 3.23. The Bertz CT molecular complexity index is 911. The number of aromatic nitrogens is 1. The summed E-state index contributed by atoms with van der Waals surface area (Å²) < 4.78 is 0. The van der Waals surface area contributed by atoms with Gasteiger partial charge in [-0.2, -0.15) is 0 Å². The molecule has 1 N–H and O–H groups in total. The highest BCUT2D eigenvalue weighted by Crippen LogP contribution is 2.47. The van der Waals surface area contributed by atoms with E-state index in [1.54, 1.807) is 24.5 Å². The molecule has 1 aromatic heterocycles. The predicted octanol–water partition coefficient (Wildman–Crippen LogP) is 2.85. The zero-order chi connectivity index (χ0) is 19.9. The molecule has 1 fully saturated rings. The fourth-order valence-corrected chi connectivity index (χ4v) is 5.03. The maximum Gasteiger partial charge on any atom is 0.246 e. The van der Waals surface area contributed by atoms with Gasteiger partial charge in [0.05, 0.1) is 6.04 Å². The number of carbonyl (C=O) groups is 1. The molecule has 4 rings (SSSR count). The van der Waals surface area contributed by atoms with Crippen LogP contribution in [-0.4, -0.2) is 58.5 Å². The first-order chi connectivity index (χ1) is 13.4. The maximum atomic E-state index is 13.0. The van der Waals surface area contributed by atoms with E-state index in [4.69, 9.17) is 0 Å². The fourth-order valence-electron chi connectivity index (χ4n) is 5.03. The van der Waals surface area contributed by atoms with Crippen LogP contribution in [0.2, 0.25) is 0 Å². The lowest BCUT2D eigenvalue weighted by Gasteiger charge is -2.57. The molecule has 2 aromatic rings. The van der Waals surface area contributed by atoms with Gasteiger partial charge in [-0.05, 0) is 67.4 Å². The predicted molar refractivity (Wildman–Crippen MR) is 110 cm³/mol. The molecule has 2 aliphatic rings. The minimum atomic E-state index is -0.184. The highest BCUT2D eigenvalue weighted by molar-refractivity contribution is 5.92. The Morgan fingerprint density at radius 1 is 1.39 bits per heavy atom. The number of benzene rings is 1. The summed E-state index contributed by atoms with van der Waals surface area (Å²) in [5, 5.41) is 10.1. The van der Waals surface area contributed by atoms with Crippen molar-refractivity contribution in [3.63, 3.8) is 0 Å². The van der Waals surface area contributed by atoms with E-state index in [1.165, 1.54) is 11.1 Å². The van der Waals surface area contributed by atoms with E-state index in [0.717, 1.165) is 24.9 Å². The standard InChI is InChI=1S/C23H27N3O2/c1-23-10-12-25(2)20(13-17-7-8-18(27)14-19(17)23)22(23)26(3)21(28)9-6-16-5-4-11-24-15-16/h4-9,11,14-15,20,22,27H,10,12-13H2,1-3H3/b9-6+/t20-,22+,23?/m1/s1. The van der Waals surface area contributed by atoms with Gasteiger partial charge in [-0.15, -0.1) is 0 Å². The number of piperidine rings is 1. The summed E-state index contributed by atoms with van der Waals surface area (Å²) in [5.74, 6) is 0.283. The molecular formula is C23H27N3O2. The molecule has 2 bridgehead atoms. The second kappa shape index (κ2) is 7.06. The van der Waals surface area contributed by atoms with Gasteiger partial charge in [-0.25, -0.2) is 0 Å². The summed E-state index contributed by atoms with van der Waals surface area (Å²) >= 11 is 0. The molecule has 28 heavy (non-hydrogen) atoms. The molecule has 1 saturated heterocycles. The number of carbonyl (C=O) groups excluding carboxylic acids is 1. The molecule has 1 aliphatic heterocycles. The van der Waals surface area contributed by atoms with Gasteiger partial charge >= 0.3 is 0 Å². The SMILES string of the molecule is CN1CCC2(C)c3cc(O)ccc3C[C@@H]1[C@@H]2N(C)C(=O)/C=C/c1cccnc1. The third-order valence-corrected chi connectivity index (χ3v) is 6.57. The van der Waals surface area contributed by atoms with E-state index in [0.29, 0.717) is 5.75 Å². The monoisotopic (exact) mass is 377 g/mol. The van der Waals surface area contributed by atoms with Crippen molar-refractivity contribution in [2.45, 2.75) is 37.3 Å². The highest BCUT2D eigenvalue weighted by Gasteiger charge is 2.52. The topological polar surface area (TPSA) is 56.7 Å². The van der Waals surface area contributed by atoms with Gasteiger partial charge in [0, 0.05) is 37.0 Å². The van der Waals surface area contributed by atoms with Gasteiger partial charge in [0.1, 0.15) is 5.75 Å². The molecule has 146 valence electrons. The Labute approximate surface area is 166 Å². The summed E-state index contributed by atoms with van der Waals surface area (Å²) in [4.78, 5) is 21.4. The molecule has 1 aromatic carbocycles. The molecule has 2 heterocycles. The van der Waals surface area contributed by atoms with Crippen LogP contribution in [0.3, 0.4) is 0 Å². The van der Waals surface area contributed by atoms with Gasteiger partial charge in [0.2, 0.25) is 5.91 Å². The van der Waals surface area contributed by atoms with Crippen molar-refractivity contribution in [1.29, 1.82) is 0 Å². The van der Waals surface area contributed by atoms with Crippen molar-refractivity contribution in [2.24, 2.45) is 0 Å². The third-order valence-electron chi connectivity index (χ3n) is 6.57. The van der Waals surface area contributed by atoms with E-state index in [9.17, 15) is 9.90 Å². The largest absolute Gasteiger partial charge is 0.508 e. The first kappa shape index (κ1) is 18.7. The van der Waals surface area contributed by atoms with Crippen LogP contribution in [0.4, 0.5) is 0 Å². The summed E-state index contributed by atoms with van der Waals surface area (Å²) in [6, 6.07) is 9.80. The molecular weight excluding hydrogens is 350 g/mol. The molecule has 1 aliphatic carbocycles. The average molecular weight is 377 g/mol. The van der Waals surface area contributed by atoms with Crippen molar-refractivity contribution in [2.75, 3.05) is 20.6 Å². The van der Waals surface area contributed by atoms with Gasteiger partial charge in [0.15, 0.2) is 0 Å². The van der Waals surface area contributed by atoms with E-state index >= 15 is 0 Å². The smallest absolute Gasteiger partial charge is 0.246 e. The second-order valence-corrected chi connectivity index (χ2v) is 8.27. The van der Waals surface area contributed by atoms with E-state index < -0.39 is 0 Å². The first-order valence-electron chi connectivity index (χ1n) is 9.77. The number of nitrogens with zero attached hydrogens (tertiary/aromatic N) is 3. The van der Waals surface area contributed by atoms with Gasteiger partial charge in [-0.1, -0.05) is 19.1 Å². The van der Waals surface area contributed by atoms with Crippen molar-refractivity contribution in [3.8, 4) is 5.75 Å². The minimum Gasteiger partial charge on any atom is -0.508 e. The number of likely N-dealkylation sites (tertiary alicyclic amines) is 1. The van der Waals surface area contributed by atoms with Crippen molar-refractivity contribution >= 4 is 12.0 Å². The van der Waals surface area contributed by atoms with Crippen LogP contribution in [0.1, 0.15) is 30.0 Å². The van der Waals surface area contributed by atoms with E-state index in [1.807, 2.05) is 42.3 Å². The quantitative estimate of drug-likeness (QED) is 0.836. The Kier molecular flexibility index (Phi) is 4.71. The Morgan fingerprint density at radius 2 is 2.21 bits per heavy atom. The summed E-state index contributed by atoms with van der Waals surface area (Å²) in [5.41, 5.74) is 3.18. The normalized spacial score (nSPS) is 26.8. The molecule has 5 heteroatoms. The molecule has 1 unspecified atom stereocenters. The van der Waals surface area contributed by atoms with Crippen molar-refractivity contribution in [3.05, 3.63) is 65.5 Å². The number of phenolic OH excluding ortho intramolecular Hbond substituents is 1. The van der Waals surface area contributed by atoms with Crippen LogP contribution in [-0.2, 0) is 16.6 Å². The minimum absolute atomic E-state index is 0.0102. The average Bonchev–Trinajstić information content (AvgIpc) is 2.70. The number of rotatable bonds is 3.